The summed E-state index contributed by atoms with van der Waals surface area (Å²) in [4.78, 5) is 23.0. The van der Waals surface area contributed by atoms with Gasteiger partial charge >= 0.3 is 0 Å². The van der Waals surface area contributed by atoms with Crippen molar-refractivity contribution < 1.29 is 4.79 Å². The van der Waals surface area contributed by atoms with Gasteiger partial charge in [0.25, 0.3) is 0 Å². The zero-order valence-electron chi connectivity index (χ0n) is 21.6. The van der Waals surface area contributed by atoms with E-state index in [9.17, 15) is 4.79 Å². The van der Waals surface area contributed by atoms with Gasteiger partial charge in [-0.25, -0.2) is 9.97 Å². The second-order valence-electron chi connectivity index (χ2n) is 9.02. The summed E-state index contributed by atoms with van der Waals surface area (Å²) in [6, 6.07) is 18.8. The highest BCUT2D eigenvalue weighted by Gasteiger charge is 2.22. The Bertz CT molecular complexity index is 1300. The van der Waals surface area contributed by atoms with E-state index in [0.29, 0.717) is 12.2 Å². The predicted octanol–water partition coefficient (Wildman–Crippen LogP) is 7.21. The number of benzene rings is 2. The quantitative estimate of drug-likeness (QED) is 0.408. The van der Waals surface area contributed by atoms with Crippen molar-refractivity contribution in [3.63, 3.8) is 0 Å². The molecule has 0 unspecified atom stereocenters. The average molecular weight is 478 g/mol. The molecule has 0 saturated carbocycles. The van der Waals surface area contributed by atoms with Crippen molar-refractivity contribution in [3.05, 3.63) is 113 Å². The number of rotatable bonds is 6. The van der Waals surface area contributed by atoms with Crippen LogP contribution in [0.25, 0.3) is 11.3 Å². The maximum atomic E-state index is 13.0. The molecule has 4 heteroatoms. The summed E-state index contributed by atoms with van der Waals surface area (Å²) in [5, 5.41) is 3.10. The molecule has 2 aliphatic rings. The van der Waals surface area contributed by atoms with Crippen LogP contribution in [0.15, 0.2) is 90.0 Å². The van der Waals surface area contributed by atoms with Crippen LogP contribution in [0.2, 0.25) is 0 Å². The third-order valence-electron chi connectivity index (χ3n) is 6.43. The lowest BCUT2D eigenvalue weighted by Crippen LogP contribution is -2.19. The fourth-order valence-electron chi connectivity index (χ4n) is 4.58. The fraction of sp³-hybridized carbons (Fsp3) is 0.281. The van der Waals surface area contributed by atoms with Gasteiger partial charge in [-0.05, 0) is 50.2 Å². The van der Waals surface area contributed by atoms with E-state index >= 15 is 0 Å². The molecule has 0 atom stereocenters. The Labute approximate surface area is 214 Å². The molecule has 0 fully saturated rings. The minimum Gasteiger partial charge on any atom is -0.309 e. The molecule has 5 rings (SSSR count). The average Bonchev–Trinajstić information content (AvgIpc) is 3.12. The van der Waals surface area contributed by atoms with Crippen LogP contribution in [0.1, 0.15) is 56.1 Å². The first-order chi connectivity index (χ1) is 17.7. The highest BCUT2D eigenvalue weighted by molar-refractivity contribution is 5.92. The van der Waals surface area contributed by atoms with Gasteiger partial charge < -0.3 is 5.32 Å². The smallest absolute Gasteiger partial charge is 0.229 e. The highest BCUT2D eigenvalue weighted by Crippen LogP contribution is 2.33. The molecule has 184 valence electrons. The van der Waals surface area contributed by atoms with Crippen LogP contribution in [-0.4, -0.2) is 15.9 Å². The number of carbonyl (C=O) groups is 1. The normalized spacial score (nSPS) is 13.8. The molecule has 1 amide bonds. The first-order valence-electron chi connectivity index (χ1n) is 13.0. The van der Waals surface area contributed by atoms with Gasteiger partial charge in [0.05, 0.1) is 17.1 Å². The molecule has 0 aliphatic heterocycles. The number of nitrogens with zero attached hydrogens (tertiary/aromatic N) is 2. The summed E-state index contributed by atoms with van der Waals surface area (Å²) in [6.45, 7) is 6.07. The van der Waals surface area contributed by atoms with Crippen molar-refractivity contribution in [2.75, 3.05) is 5.32 Å². The van der Waals surface area contributed by atoms with Gasteiger partial charge in [0.1, 0.15) is 0 Å². The molecule has 1 heterocycles. The van der Waals surface area contributed by atoms with Crippen molar-refractivity contribution >= 4 is 11.7 Å². The first-order valence-corrected chi connectivity index (χ1v) is 13.0. The lowest BCUT2D eigenvalue weighted by molar-refractivity contribution is -0.115. The first kappa shape index (κ1) is 25.3. The number of anilines is 1. The summed E-state index contributed by atoms with van der Waals surface area (Å²) in [5.41, 5.74) is 8.78. The van der Waals surface area contributed by atoms with Gasteiger partial charge in [0.15, 0.2) is 5.82 Å². The Morgan fingerprint density at radius 1 is 0.917 bits per heavy atom. The Morgan fingerprint density at radius 2 is 1.69 bits per heavy atom. The second-order valence-corrected chi connectivity index (χ2v) is 9.02. The number of aryl methyl sites for hydroxylation is 4. The molecule has 1 N–H and O–H groups in total. The standard InChI is InChI=1S/C30H29N3O.C2H6/c1-21-8-7-11-23(15-14-21)20-28(34)33-30-27(18-16-22-9-3-2-4-10-22)31-29-25-13-6-5-12-24(25)17-19-26(29)32-30;1-2/h2-10,12-15H,11,16-20H2,1H3,(H,32,33,34);1-2H3. The topological polar surface area (TPSA) is 54.9 Å². The monoisotopic (exact) mass is 477 g/mol. The van der Waals surface area contributed by atoms with E-state index in [1.807, 2.05) is 19.9 Å². The van der Waals surface area contributed by atoms with Crippen molar-refractivity contribution in [2.24, 2.45) is 0 Å². The maximum Gasteiger partial charge on any atom is 0.229 e. The van der Waals surface area contributed by atoms with E-state index in [1.165, 1.54) is 16.7 Å². The number of nitrogens with one attached hydrogen (secondary N) is 1. The van der Waals surface area contributed by atoms with E-state index in [4.69, 9.17) is 9.97 Å². The molecule has 0 saturated heterocycles. The van der Waals surface area contributed by atoms with Crippen LogP contribution in [0.5, 0.6) is 0 Å². The summed E-state index contributed by atoms with van der Waals surface area (Å²) in [7, 11) is 0. The molecule has 2 aromatic carbocycles. The minimum atomic E-state index is -0.0426. The fourth-order valence-corrected chi connectivity index (χ4v) is 4.58. The zero-order valence-corrected chi connectivity index (χ0v) is 21.6. The molecule has 3 aromatic rings. The molecule has 0 spiro atoms. The number of fused-ring (bicyclic) bond motifs is 3. The minimum absolute atomic E-state index is 0.0426. The van der Waals surface area contributed by atoms with E-state index in [-0.39, 0.29) is 5.91 Å². The van der Waals surface area contributed by atoms with Crippen LogP contribution in [-0.2, 0) is 30.5 Å². The number of amides is 1. The van der Waals surface area contributed by atoms with Crippen molar-refractivity contribution in [2.45, 2.75) is 59.3 Å². The van der Waals surface area contributed by atoms with Crippen LogP contribution in [0, 0.1) is 0 Å². The molecule has 2 aliphatic carbocycles. The van der Waals surface area contributed by atoms with Gasteiger partial charge in [-0.2, -0.15) is 0 Å². The number of aromatic nitrogens is 2. The zero-order chi connectivity index (χ0) is 25.3. The Kier molecular flexibility index (Phi) is 8.62. The lowest BCUT2D eigenvalue weighted by atomic mass is 9.91. The second kappa shape index (κ2) is 12.3. The van der Waals surface area contributed by atoms with Gasteiger partial charge in [-0.3, -0.25) is 4.79 Å². The van der Waals surface area contributed by atoms with Crippen molar-refractivity contribution in [1.82, 2.24) is 9.97 Å². The number of allylic oxidation sites excluding steroid dienone is 5. The van der Waals surface area contributed by atoms with E-state index in [2.05, 4.69) is 85.1 Å². The van der Waals surface area contributed by atoms with Crippen LogP contribution >= 0.6 is 0 Å². The molecule has 4 nitrogen and oxygen atoms in total. The Balaban J connectivity index is 0.00000148. The van der Waals surface area contributed by atoms with Crippen molar-refractivity contribution in [3.8, 4) is 11.3 Å². The predicted molar refractivity (Wildman–Crippen MR) is 149 cm³/mol. The summed E-state index contributed by atoms with van der Waals surface area (Å²) >= 11 is 0. The van der Waals surface area contributed by atoms with E-state index < -0.39 is 0 Å². The van der Waals surface area contributed by atoms with Crippen molar-refractivity contribution in [1.29, 1.82) is 0 Å². The molecular formula is C32H35N3O. The van der Waals surface area contributed by atoms with E-state index in [1.54, 1.807) is 0 Å². The molecule has 0 radical (unpaired) electrons. The van der Waals surface area contributed by atoms with Gasteiger partial charge in [-0.1, -0.05) is 104 Å². The molecule has 36 heavy (non-hydrogen) atoms. The van der Waals surface area contributed by atoms with Crippen LogP contribution < -0.4 is 5.32 Å². The number of carbonyl (C=O) groups excluding carboxylic acids is 1. The van der Waals surface area contributed by atoms with Gasteiger partial charge in [-0.15, -0.1) is 0 Å². The molecule has 1 aromatic heterocycles. The Morgan fingerprint density at radius 3 is 2.53 bits per heavy atom. The molecule has 0 bridgehead atoms. The number of hydrogen-bond donors (Lipinski definition) is 1. The third-order valence-corrected chi connectivity index (χ3v) is 6.43. The SMILES string of the molecule is CC.CC1=CC=C(CC(=O)Nc2nc3c(nc2CCc2ccccc2)-c2ccccc2CC3)CC=C1. The maximum absolute atomic E-state index is 13.0. The molecular weight excluding hydrogens is 442 g/mol. The Hall–Kier alpha value is -3.79. The van der Waals surface area contributed by atoms with Gasteiger partial charge in [0.2, 0.25) is 5.91 Å². The van der Waals surface area contributed by atoms with Crippen LogP contribution in [0.4, 0.5) is 5.82 Å². The summed E-state index contributed by atoms with van der Waals surface area (Å²) in [6.07, 6.45) is 12.8. The number of hydrogen-bond acceptors (Lipinski definition) is 3. The van der Waals surface area contributed by atoms with E-state index in [0.717, 1.165) is 60.3 Å². The van der Waals surface area contributed by atoms with Crippen LogP contribution in [0.3, 0.4) is 0 Å². The highest BCUT2D eigenvalue weighted by atomic mass is 16.1. The largest absolute Gasteiger partial charge is 0.309 e. The third kappa shape index (κ3) is 6.25. The summed E-state index contributed by atoms with van der Waals surface area (Å²) in [5.74, 6) is 0.564. The van der Waals surface area contributed by atoms with Gasteiger partial charge in [0, 0.05) is 12.0 Å². The lowest BCUT2D eigenvalue weighted by Gasteiger charge is -2.21. The summed E-state index contributed by atoms with van der Waals surface area (Å²) < 4.78 is 0.